The van der Waals surface area contributed by atoms with Crippen LogP contribution in [-0.2, 0) is 0 Å². The molecule has 3 rings (SSSR count). The fourth-order valence-corrected chi connectivity index (χ4v) is 1.79. The quantitative estimate of drug-likeness (QED) is 0.686. The molecule has 0 fully saturated rings. The molecule has 0 spiro atoms. The SMILES string of the molecule is Clc1ccc(-c2nc3nc(Cl)ncc3[nH]2)cc1. The number of hydrogen-bond acceptors (Lipinski definition) is 3. The number of imidazole rings is 1. The summed E-state index contributed by atoms with van der Waals surface area (Å²) in [5.74, 6) is 0.716. The summed E-state index contributed by atoms with van der Waals surface area (Å²) < 4.78 is 0. The van der Waals surface area contributed by atoms with E-state index in [0.717, 1.165) is 11.1 Å². The van der Waals surface area contributed by atoms with E-state index in [1.165, 1.54) is 0 Å². The lowest BCUT2D eigenvalue weighted by Gasteiger charge is -1.95. The summed E-state index contributed by atoms with van der Waals surface area (Å²) >= 11 is 11.5. The molecule has 4 nitrogen and oxygen atoms in total. The summed E-state index contributed by atoms with van der Waals surface area (Å²) in [6, 6.07) is 7.38. The van der Waals surface area contributed by atoms with Crippen LogP contribution in [0, 0.1) is 0 Å². The Morgan fingerprint density at radius 3 is 2.53 bits per heavy atom. The van der Waals surface area contributed by atoms with Crippen molar-refractivity contribution in [1.82, 2.24) is 19.9 Å². The highest BCUT2D eigenvalue weighted by Crippen LogP contribution is 2.21. The van der Waals surface area contributed by atoms with Crippen LogP contribution in [0.3, 0.4) is 0 Å². The number of nitrogens with one attached hydrogen (secondary N) is 1. The molecule has 1 N–H and O–H groups in total. The van der Waals surface area contributed by atoms with Gasteiger partial charge in [0.1, 0.15) is 11.3 Å². The molecule has 2 heterocycles. The first-order chi connectivity index (χ1) is 8.22. The molecule has 0 saturated heterocycles. The molecule has 0 unspecified atom stereocenters. The van der Waals surface area contributed by atoms with Crippen LogP contribution in [-0.4, -0.2) is 19.9 Å². The molecule has 0 amide bonds. The van der Waals surface area contributed by atoms with Gasteiger partial charge >= 0.3 is 0 Å². The molecular formula is C11H6Cl2N4. The highest BCUT2D eigenvalue weighted by molar-refractivity contribution is 6.30. The third-order valence-electron chi connectivity index (χ3n) is 2.33. The summed E-state index contributed by atoms with van der Waals surface area (Å²) in [5.41, 5.74) is 2.23. The summed E-state index contributed by atoms with van der Waals surface area (Å²) in [4.78, 5) is 15.4. The molecule has 0 atom stereocenters. The molecule has 0 bridgehead atoms. The average Bonchev–Trinajstić information content (AvgIpc) is 2.72. The number of fused-ring (bicyclic) bond motifs is 1. The van der Waals surface area contributed by atoms with Gasteiger partial charge in [0, 0.05) is 10.6 Å². The van der Waals surface area contributed by atoms with Gasteiger partial charge < -0.3 is 4.98 Å². The Kier molecular flexibility index (Phi) is 2.46. The van der Waals surface area contributed by atoms with E-state index in [1.807, 2.05) is 24.3 Å². The van der Waals surface area contributed by atoms with Crippen LogP contribution in [0.15, 0.2) is 30.5 Å². The zero-order chi connectivity index (χ0) is 11.8. The molecule has 0 saturated carbocycles. The summed E-state index contributed by atoms with van der Waals surface area (Å²) in [6.45, 7) is 0. The van der Waals surface area contributed by atoms with Crippen LogP contribution in [0.1, 0.15) is 0 Å². The Balaban J connectivity index is 2.14. The average molecular weight is 265 g/mol. The van der Waals surface area contributed by atoms with Gasteiger partial charge in [0.25, 0.3) is 0 Å². The zero-order valence-electron chi connectivity index (χ0n) is 8.48. The van der Waals surface area contributed by atoms with Gasteiger partial charge in [0.2, 0.25) is 5.28 Å². The number of rotatable bonds is 1. The van der Waals surface area contributed by atoms with Crippen LogP contribution >= 0.6 is 23.2 Å². The predicted octanol–water partition coefficient (Wildman–Crippen LogP) is 3.33. The normalized spacial score (nSPS) is 10.9. The number of benzene rings is 1. The van der Waals surface area contributed by atoms with Gasteiger partial charge in [-0.2, -0.15) is 4.98 Å². The second-order valence-electron chi connectivity index (χ2n) is 3.47. The number of H-pyrrole nitrogens is 1. The van der Waals surface area contributed by atoms with Crippen LogP contribution < -0.4 is 0 Å². The second-order valence-corrected chi connectivity index (χ2v) is 4.24. The minimum atomic E-state index is 0.187. The van der Waals surface area contributed by atoms with Crippen LogP contribution in [0.2, 0.25) is 10.3 Å². The first-order valence-corrected chi connectivity index (χ1v) is 5.62. The summed E-state index contributed by atoms with van der Waals surface area (Å²) in [7, 11) is 0. The van der Waals surface area contributed by atoms with Gasteiger partial charge in [-0.3, -0.25) is 0 Å². The van der Waals surface area contributed by atoms with Gasteiger partial charge in [-0.15, -0.1) is 0 Å². The largest absolute Gasteiger partial charge is 0.335 e. The van der Waals surface area contributed by atoms with Crippen LogP contribution in [0.4, 0.5) is 0 Å². The maximum atomic E-state index is 5.83. The van der Waals surface area contributed by atoms with Gasteiger partial charge in [-0.25, -0.2) is 9.97 Å². The van der Waals surface area contributed by atoms with Crippen molar-refractivity contribution in [2.75, 3.05) is 0 Å². The second kappa shape index (κ2) is 3.98. The third-order valence-corrected chi connectivity index (χ3v) is 2.76. The minimum Gasteiger partial charge on any atom is -0.335 e. The molecule has 6 heteroatoms. The first-order valence-electron chi connectivity index (χ1n) is 4.86. The van der Waals surface area contributed by atoms with Crippen molar-refractivity contribution in [3.63, 3.8) is 0 Å². The summed E-state index contributed by atoms with van der Waals surface area (Å²) in [6.07, 6.45) is 1.61. The highest BCUT2D eigenvalue weighted by atomic mass is 35.5. The van der Waals surface area contributed by atoms with Gasteiger partial charge in [-0.05, 0) is 35.9 Å². The lowest BCUT2D eigenvalue weighted by atomic mass is 10.2. The lowest BCUT2D eigenvalue weighted by Crippen LogP contribution is -1.81. The minimum absolute atomic E-state index is 0.187. The number of nitrogens with zero attached hydrogens (tertiary/aromatic N) is 3. The number of hydrogen-bond donors (Lipinski definition) is 1. The van der Waals surface area contributed by atoms with E-state index in [2.05, 4.69) is 19.9 Å². The number of aromatic amines is 1. The maximum Gasteiger partial charge on any atom is 0.224 e. The van der Waals surface area contributed by atoms with Crippen molar-refractivity contribution >= 4 is 34.4 Å². The molecule has 17 heavy (non-hydrogen) atoms. The molecule has 1 aromatic carbocycles. The van der Waals surface area contributed by atoms with Crippen molar-refractivity contribution in [3.8, 4) is 11.4 Å². The molecule has 0 radical (unpaired) electrons. The Labute approximate surface area is 107 Å². The fraction of sp³-hybridized carbons (Fsp3) is 0. The highest BCUT2D eigenvalue weighted by Gasteiger charge is 2.07. The standard InChI is InChI=1S/C11H6Cl2N4/c12-7-3-1-6(2-4-7)9-15-8-5-14-11(13)17-10(8)16-9/h1-5H,(H,14,15,16,17). The van der Waals surface area contributed by atoms with E-state index in [0.29, 0.717) is 16.5 Å². The number of halogens is 2. The Hall–Kier alpha value is -1.65. The van der Waals surface area contributed by atoms with E-state index in [4.69, 9.17) is 23.2 Å². The van der Waals surface area contributed by atoms with Crippen molar-refractivity contribution in [1.29, 1.82) is 0 Å². The van der Waals surface area contributed by atoms with Gasteiger partial charge in [0.15, 0.2) is 5.65 Å². The third kappa shape index (κ3) is 1.97. The zero-order valence-corrected chi connectivity index (χ0v) is 10.00. The molecule has 2 aromatic heterocycles. The van der Waals surface area contributed by atoms with E-state index in [-0.39, 0.29) is 5.28 Å². The van der Waals surface area contributed by atoms with E-state index >= 15 is 0 Å². The first kappa shape index (κ1) is 10.5. The lowest BCUT2D eigenvalue weighted by molar-refractivity contribution is 1.20. The van der Waals surface area contributed by atoms with E-state index in [9.17, 15) is 0 Å². The van der Waals surface area contributed by atoms with Crippen LogP contribution in [0.5, 0.6) is 0 Å². The van der Waals surface area contributed by atoms with Crippen LogP contribution in [0.25, 0.3) is 22.6 Å². The molecule has 0 aliphatic carbocycles. The molecule has 0 aliphatic heterocycles. The Bertz CT molecular complexity index is 676. The van der Waals surface area contributed by atoms with E-state index < -0.39 is 0 Å². The topological polar surface area (TPSA) is 54.5 Å². The molecule has 3 aromatic rings. The number of aromatic nitrogens is 4. The van der Waals surface area contributed by atoms with Crippen molar-refractivity contribution in [3.05, 3.63) is 40.8 Å². The van der Waals surface area contributed by atoms with Crippen molar-refractivity contribution in [2.24, 2.45) is 0 Å². The van der Waals surface area contributed by atoms with Crippen molar-refractivity contribution < 1.29 is 0 Å². The van der Waals surface area contributed by atoms with E-state index in [1.54, 1.807) is 6.20 Å². The maximum absolute atomic E-state index is 5.83. The smallest absolute Gasteiger partial charge is 0.224 e. The Morgan fingerprint density at radius 1 is 1.00 bits per heavy atom. The van der Waals surface area contributed by atoms with Gasteiger partial charge in [0.05, 0.1) is 6.20 Å². The molecular weight excluding hydrogens is 259 g/mol. The monoisotopic (exact) mass is 264 g/mol. The molecule has 84 valence electrons. The molecule has 0 aliphatic rings. The van der Waals surface area contributed by atoms with Gasteiger partial charge in [-0.1, -0.05) is 11.6 Å². The Morgan fingerprint density at radius 2 is 1.76 bits per heavy atom. The van der Waals surface area contributed by atoms with Crippen molar-refractivity contribution in [2.45, 2.75) is 0 Å². The fourth-order valence-electron chi connectivity index (χ4n) is 1.53. The predicted molar refractivity (Wildman–Crippen MR) is 67.1 cm³/mol. The summed E-state index contributed by atoms with van der Waals surface area (Å²) in [5, 5.41) is 0.874.